The number of amides is 1. The van der Waals surface area contributed by atoms with Gasteiger partial charge < -0.3 is 40.1 Å². The van der Waals surface area contributed by atoms with Gasteiger partial charge in [-0.1, -0.05) is 12.1 Å². The van der Waals surface area contributed by atoms with Gasteiger partial charge in [-0.05, 0) is 51.9 Å². The van der Waals surface area contributed by atoms with Crippen molar-refractivity contribution in [2.45, 2.75) is 37.5 Å². The van der Waals surface area contributed by atoms with Crippen LogP contribution in [0.15, 0.2) is 24.3 Å². The molecule has 2 aromatic rings. The number of rotatable bonds is 6. The van der Waals surface area contributed by atoms with Gasteiger partial charge in [0.05, 0.1) is 13.2 Å². The molecule has 1 saturated carbocycles. The summed E-state index contributed by atoms with van der Waals surface area (Å²) < 4.78 is 11.1. The second-order valence-corrected chi connectivity index (χ2v) is 12.7. The fourth-order valence-corrected chi connectivity index (χ4v) is 6.32. The number of hydrogen-bond donors (Lipinski definition) is 2. The van der Waals surface area contributed by atoms with Crippen LogP contribution >= 0.6 is 0 Å². The molecule has 1 amide bonds. The van der Waals surface area contributed by atoms with Crippen molar-refractivity contribution in [1.82, 2.24) is 19.8 Å². The largest absolute Gasteiger partial charge is 0.384 e. The van der Waals surface area contributed by atoms with Crippen molar-refractivity contribution in [3.8, 4) is 0 Å². The highest BCUT2D eigenvalue weighted by molar-refractivity contribution is 5.93. The molecule has 6 heterocycles. The molecule has 0 bridgehead atoms. The number of ether oxygens (including phenoxy) is 2. The minimum atomic E-state index is 0.115. The zero-order chi connectivity index (χ0) is 29.8. The summed E-state index contributed by atoms with van der Waals surface area (Å²) in [5.41, 5.74) is 8.45. The van der Waals surface area contributed by atoms with Gasteiger partial charge in [-0.25, -0.2) is 9.97 Å². The minimum Gasteiger partial charge on any atom is -0.384 e. The molecule has 1 aliphatic carbocycles. The van der Waals surface area contributed by atoms with Crippen molar-refractivity contribution in [2.24, 2.45) is 5.92 Å². The summed E-state index contributed by atoms with van der Waals surface area (Å²) in [6.07, 6.45) is 4.16. The Morgan fingerprint density at radius 1 is 0.744 bits per heavy atom. The van der Waals surface area contributed by atoms with E-state index >= 15 is 0 Å². The van der Waals surface area contributed by atoms with E-state index in [9.17, 15) is 4.79 Å². The number of carbonyl (C=O) groups excluding carboxylic acids is 1. The number of hydrogen-bond acceptors (Lipinski definition) is 10. The second-order valence-electron chi connectivity index (χ2n) is 12.7. The van der Waals surface area contributed by atoms with Crippen molar-refractivity contribution >= 4 is 29.2 Å². The molecular formula is C32H48N8O3. The van der Waals surface area contributed by atoms with E-state index in [0.29, 0.717) is 23.5 Å². The van der Waals surface area contributed by atoms with Crippen molar-refractivity contribution in [2.75, 3.05) is 114 Å². The Hall–Kier alpha value is -2.99. The average molecular weight is 593 g/mol. The topological polar surface area (TPSA) is 112 Å². The number of nitrogens with two attached hydrogens (primary N) is 1. The summed E-state index contributed by atoms with van der Waals surface area (Å²) >= 11 is 0. The Kier molecular flexibility index (Phi) is 9.61. The number of nitrogen functional groups attached to an aromatic ring is 1. The van der Waals surface area contributed by atoms with Gasteiger partial charge in [0.1, 0.15) is 23.3 Å². The normalized spacial score (nSPS) is 25.0. The molecule has 43 heavy (non-hydrogen) atoms. The number of nitrogens with one attached hydrogen (secondary N) is 1. The molecule has 2 aromatic heterocycles. The molecule has 5 aliphatic rings. The molecule has 11 heteroatoms. The predicted octanol–water partition coefficient (Wildman–Crippen LogP) is 2.61. The summed E-state index contributed by atoms with van der Waals surface area (Å²) in [6, 6.07) is 8.14. The van der Waals surface area contributed by atoms with E-state index in [4.69, 9.17) is 20.2 Å². The lowest BCUT2D eigenvalue weighted by molar-refractivity contribution is -0.117. The number of pyridine rings is 2. The molecule has 234 valence electrons. The molecule has 11 nitrogen and oxygen atoms in total. The smallest absolute Gasteiger partial charge is 0.228 e. The fraction of sp³-hybridized carbons (Fsp3) is 0.656. The standard InChI is InChI=1S/C18H26N4O2.C14H22N4O/c1-21-7-9-22(10-8-21)17-15(14-6-11-24-12-14)4-5-16(19-17)20-18(23)13-2-3-13;1-17-5-7-18(8-6-17)14-12(2-3-13(15)16-14)11-4-9-19-10-11/h4-5,13-14H,2-3,6-12H2,1H3,(H,19,20,23);2-3,11H,4-10H2,1H3,(H2,15,16). The van der Waals surface area contributed by atoms with E-state index in [2.05, 4.69) is 56.1 Å². The number of likely N-dealkylation sites (N-methyl/N-ethyl adjacent to an activating group) is 2. The number of carbonyl (C=O) groups is 1. The predicted molar refractivity (Wildman–Crippen MR) is 170 cm³/mol. The third kappa shape index (κ3) is 7.57. The van der Waals surface area contributed by atoms with Crippen LogP contribution in [-0.4, -0.2) is 119 Å². The SMILES string of the molecule is CN1CCN(c2nc(N)ccc2C2CCOC2)CC1.CN1CCN(c2nc(NC(=O)C3CC3)ccc2C2CCOC2)CC1. The summed E-state index contributed by atoms with van der Waals surface area (Å²) in [6.45, 7) is 11.5. The van der Waals surface area contributed by atoms with Crippen LogP contribution in [0.25, 0.3) is 0 Å². The Balaban J connectivity index is 0.000000157. The van der Waals surface area contributed by atoms with E-state index in [1.165, 1.54) is 11.1 Å². The maximum Gasteiger partial charge on any atom is 0.228 e. The fourth-order valence-electron chi connectivity index (χ4n) is 6.32. The quantitative estimate of drug-likeness (QED) is 0.519. The van der Waals surface area contributed by atoms with Gasteiger partial charge in [0, 0.05) is 94.5 Å². The molecule has 7 rings (SSSR count). The van der Waals surface area contributed by atoms with Crippen molar-refractivity contribution in [3.05, 3.63) is 35.4 Å². The van der Waals surface area contributed by atoms with Crippen LogP contribution in [0.1, 0.15) is 48.6 Å². The lowest BCUT2D eigenvalue weighted by atomic mass is 9.98. The van der Waals surface area contributed by atoms with Gasteiger partial charge in [-0.15, -0.1) is 0 Å². The van der Waals surface area contributed by atoms with Gasteiger partial charge in [-0.2, -0.15) is 0 Å². The van der Waals surface area contributed by atoms with E-state index < -0.39 is 0 Å². The van der Waals surface area contributed by atoms with Crippen LogP contribution in [0.4, 0.5) is 23.3 Å². The molecule has 2 unspecified atom stereocenters. The Morgan fingerprint density at radius 3 is 1.74 bits per heavy atom. The van der Waals surface area contributed by atoms with Crippen LogP contribution in [-0.2, 0) is 14.3 Å². The van der Waals surface area contributed by atoms with Gasteiger partial charge in [0.2, 0.25) is 5.91 Å². The van der Waals surface area contributed by atoms with Crippen LogP contribution in [0.2, 0.25) is 0 Å². The maximum absolute atomic E-state index is 12.1. The van der Waals surface area contributed by atoms with Gasteiger partial charge in [0.25, 0.3) is 0 Å². The Bertz CT molecular complexity index is 1230. The van der Waals surface area contributed by atoms with Crippen molar-refractivity contribution in [3.63, 3.8) is 0 Å². The first-order chi connectivity index (χ1) is 20.9. The lowest BCUT2D eigenvalue weighted by Gasteiger charge is -2.35. The molecule has 0 spiro atoms. The molecule has 0 aromatic carbocycles. The number of aromatic nitrogens is 2. The number of nitrogens with zero attached hydrogens (tertiary/aromatic N) is 6. The lowest BCUT2D eigenvalue weighted by Crippen LogP contribution is -2.45. The van der Waals surface area contributed by atoms with Crippen molar-refractivity contribution < 1.29 is 14.3 Å². The monoisotopic (exact) mass is 592 g/mol. The van der Waals surface area contributed by atoms with Crippen LogP contribution in [0, 0.1) is 5.92 Å². The van der Waals surface area contributed by atoms with Crippen molar-refractivity contribution in [1.29, 1.82) is 0 Å². The highest BCUT2D eigenvalue weighted by Crippen LogP contribution is 2.35. The molecule has 4 saturated heterocycles. The molecule has 2 atom stereocenters. The van der Waals surface area contributed by atoms with Gasteiger partial charge in [-0.3, -0.25) is 4.79 Å². The summed E-state index contributed by atoms with van der Waals surface area (Å²) in [5.74, 6) is 4.60. The minimum absolute atomic E-state index is 0.115. The Labute approximate surface area is 255 Å². The second kappa shape index (κ2) is 13.8. The van der Waals surface area contributed by atoms with Crippen LogP contribution in [0.5, 0.6) is 0 Å². The molecular weight excluding hydrogens is 544 g/mol. The van der Waals surface area contributed by atoms with E-state index in [1.54, 1.807) is 0 Å². The van der Waals surface area contributed by atoms with Gasteiger partial charge >= 0.3 is 0 Å². The Morgan fingerprint density at radius 2 is 1.26 bits per heavy atom. The third-order valence-corrected chi connectivity index (χ3v) is 9.38. The van der Waals surface area contributed by atoms with E-state index in [1.807, 2.05) is 12.1 Å². The molecule has 0 radical (unpaired) electrons. The first-order valence-electron chi connectivity index (χ1n) is 16.1. The van der Waals surface area contributed by atoms with E-state index in [-0.39, 0.29) is 11.8 Å². The number of piperazine rings is 2. The summed E-state index contributed by atoms with van der Waals surface area (Å²) in [5, 5.41) is 2.99. The molecule has 4 aliphatic heterocycles. The van der Waals surface area contributed by atoms with Crippen LogP contribution in [0.3, 0.4) is 0 Å². The third-order valence-electron chi connectivity index (χ3n) is 9.38. The zero-order valence-corrected chi connectivity index (χ0v) is 25.8. The molecule has 5 fully saturated rings. The van der Waals surface area contributed by atoms with Gasteiger partial charge in [0.15, 0.2) is 0 Å². The maximum atomic E-state index is 12.1. The van der Waals surface area contributed by atoms with E-state index in [0.717, 1.165) is 116 Å². The zero-order valence-electron chi connectivity index (χ0n) is 25.8. The highest BCUT2D eigenvalue weighted by Gasteiger charge is 2.31. The average Bonchev–Trinajstić information content (AvgIpc) is 3.46. The highest BCUT2D eigenvalue weighted by atomic mass is 16.5. The summed E-state index contributed by atoms with van der Waals surface area (Å²) in [4.78, 5) is 30.9. The number of anilines is 4. The first kappa shape index (κ1) is 30.1. The summed E-state index contributed by atoms with van der Waals surface area (Å²) in [7, 11) is 4.32. The van der Waals surface area contributed by atoms with Crippen LogP contribution < -0.4 is 20.9 Å². The molecule has 3 N–H and O–H groups in total. The first-order valence-corrected chi connectivity index (χ1v) is 16.1.